The predicted molar refractivity (Wildman–Crippen MR) is 105 cm³/mol. The third-order valence-corrected chi connectivity index (χ3v) is 4.41. The van der Waals surface area contributed by atoms with E-state index in [9.17, 15) is 4.39 Å². The van der Waals surface area contributed by atoms with Crippen molar-refractivity contribution >= 4 is 11.6 Å². The van der Waals surface area contributed by atoms with E-state index in [4.69, 9.17) is 21.1 Å². The lowest BCUT2D eigenvalue weighted by Crippen LogP contribution is -2.30. The zero-order chi connectivity index (χ0) is 19.1. The van der Waals surface area contributed by atoms with Gasteiger partial charge in [0.15, 0.2) is 0 Å². The summed E-state index contributed by atoms with van der Waals surface area (Å²) in [5, 5.41) is 0.0943. The fourth-order valence-electron chi connectivity index (χ4n) is 2.60. The molecular formula is C22H21ClFNO2. The molecule has 0 aliphatic carbocycles. The highest BCUT2D eigenvalue weighted by Crippen LogP contribution is 2.22. The number of unbranched alkanes of at least 4 members (excludes halogenated alkanes) is 1. The van der Waals surface area contributed by atoms with Crippen LogP contribution in [-0.4, -0.2) is 24.5 Å². The van der Waals surface area contributed by atoms with E-state index in [1.54, 1.807) is 18.3 Å². The van der Waals surface area contributed by atoms with E-state index < -0.39 is 12.1 Å². The molecule has 2 aromatic rings. The molecule has 1 saturated heterocycles. The molecule has 0 amide bonds. The summed E-state index contributed by atoms with van der Waals surface area (Å²) < 4.78 is 24.8. The van der Waals surface area contributed by atoms with Gasteiger partial charge in [0.2, 0.25) is 6.29 Å². The van der Waals surface area contributed by atoms with Crippen molar-refractivity contribution in [3.8, 4) is 23.1 Å². The molecular weight excluding hydrogens is 365 g/mol. The average Bonchev–Trinajstić information content (AvgIpc) is 2.70. The Morgan fingerprint density at radius 2 is 2.07 bits per heavy atom. The molecule has 27 heavy (non-hydrogen) atoms. The fourth-order valence-corrected chi connectivity index (χ4v) is 2.72. The first-order valence-corrected chi connectivity index (χ1v) is 9.36. The number of nitrogens with zero attached hydrogens (tertiary/aromatic N) is 1. The highest BCUT2D eigenvalue weighted by Gasteiger charge is 2.18. The van der Waals surface area contributed by atoms with Gasteiger partial charge in [-0.05, 0) is 36.6 Å². The van der Waals surface area contributed by atoms with Crippen molar-refractivity contribution in [1.82, 2.24) is 4.98 Å². The summed E-state index contributed by atoms with van der Waals surface area (Å²) in [6, 6.07) is 8.24. The van der Waals surface area contributed by atoms with Crippen molar-refractivity contribution in [2.45, 2.75) is 26.1 Å². The van der Waals surface area contributed by atoms with E-state index in [2.05, 4.69) is 35.9 Å². The van der Waals surface area contributed by atoms with Gasteiger partial charge in [0.05, 0.1) is 23.9 Å². The molecule has 1 fully saturated rings. The highest BCUT2D eigenvalue weighted by molar-refractivity contribution is 6.30. The summed E-state index contributed by atoms with van der Waals surface area (Å²) in [6.45, 7) is 3.37. The Kier molecular flexibility index (Phi) is 7.00. The standard InChI is InChI=1S/C22H21ClFNO2/c1-2-3-4-5-17-14-26-22(27-15-17)11-7-16-6-10-21(25-13-16)18-8-9-19(23)20(24)12-18/h4-6,8-10,12-13,17,22H,2-3,14-15H2,1H3/t17-,22-. The van der Waals surface area contributed by atoms with Crippen LogP contribution in [0.3, 0.4) is 0 Å². The Morgan fingerprint density at radius 3 is 2.74 bits per heavy atom. The Morgan fingerprint density at radius 1 is 1.26 bits per heavy atom. The second kappa shape index (κ2) is 9.66. The minimum Gasteiger partial charge on any atom is -0.341 e. The predicted octanol–water partition coefficient (Wildman–Crippen LogP) is 5.24. The summed E-state index contributed by atoms with van der Waals surface area (Å²) in [4.78, 5) is 4.33. The molecule has 0 unspecified atom stereocenters. The summed E-state index contributed by atoms with van der Waals surface area (Å²) in [7, 11) is 0. The molecule has 0 atom stereocenters. The lowest BCUT2D eigenvalue weighted by Gasteiger charge is -2.24. The van der Waals surface area contributed by atoms with Crippen LogP contribution in [0.1, 0.15) is 25.3 Å². The summed E-state index contributed by atoms with van der Waals surface area (Å²) in [5.41, 5.74) is 2.06. The third kappa shape index (κ3) is 5.64. The Hall–Kier alpha value is -2.19. The third-order valence-electron chi connectivity index (χ3n) is 4.10. The molecule has 0 saturated carbocycles. The minimum absolute atomic E-state index is 0.0943. The zero-order valence-electron chi connectivity index (χ0n) is 15.1. The van der Waals surface area contributed by atoms with Gasteiger partial charge in [-0.1, -0.05) is 49.1 Å². The molecule has 3 rings (SSSR count). The van der Waals surface area contributed by atoms with Gasteiger partial charge in [-0.25, -0.2) is 4.39 Å². The zero-order valence-corrected chi connectivity index (χ0v) is 15.9. The maximum Gasteiger partial charge on any atom is 0.222 e. The number of rotatable bonds is 4. The monoisotopic (exact) mass is 385 g/mol. The Bertz CT molecular complexity index is 847. The highest BCUT2D eigenvalue weighted by atomic mass is 35.5. The van der Waals surface area contributed by atoms with E-state index in [0.717, 1.165) is 18.4 Å². The van der Waals surface area contributed by atoms with E-state index >= 15 is 0 Å². The lowest BCUT2D eigenvalue weighted by molar-refractivity contribution is -0.160. The number of benzene rings is 1. The molecule has 140 valence electrons. The Labute approximate surface area is 164 Å². The van der Waals surface area contributed by atoms with Crippen LogP contribution in [0.4, 0.5) is 4.39 Å². The van der Waals surface area contributed by atoms with Gasteiger partial charge < -0.3 is 9.47 Å². The van der Waals surface area contributed by atoms with Crippen molar-refractivity contribution in [2.24, 2.45) is 5.92 Å². The van der Waals surface area contributed by atoms with Gasteiger partial charge in [-0.2, -0.15) is 0 Å². The second-order valence-corrected chi connectivity index (χ2v) is 6.71. The molecule has 0 spiro atoms. The van der Waals surface area contributed by atoms with E-state index in [1.165, 1.54) is 12.1 Å². The van der Waals surface area contributed by atoms with Crippen LogP contribution in [0.15, 0.2) is 48.7 Å². The number of pyridine rings is 1. The maximum absolute atomic E-state index is 13.6. The number of hydrogen-bond donors (Lipinski definition) is 0. The smallest absolute Gasteiger partial charge is 0.222 e. The minimum atomic E-state index is -0.522. The van der Waals surface area contributed by atoms with Crippen molar-refractivity contribution in [3.63, 3.8) is 0 Å². The van der Waals surface area contributed by atoms with Gasteiger partial charge in [0.25, 0.3) is 0 Å². The second-order valence-electron chi connectivity index (χ2n) is 6.31. The van der Waals surface area contributed by atoms with E-state index in [0.29, 0.717) is 24.5 Å². The molecule has 0 bridgehead atoms. The van der Waals surface area contributed by atoms with Gasteiger partial charge in [0, 0.05) is 23.2 Å². The van der Waals surface area contributed by atoms with Crippen LogP contribution < -0.4 is 0 Å². The summed E-state index contributed by atoms with van der Waals surface area (Å²) in [6.07, 6.45) is 7.65. The molecule has 1 aromatic carbocycles. The maximum atomic E-state index is 13.6. The fraction of sp³-hybridized carbons (Fsp3) is 0.318. The molecule has 1 aromatic heterocycles. The van der Waals surface area contributed by atoms with Gasteiger partial charge in [-0.15, -0.1) is 0 Å². The molecule has 2 heterocycles. The van der Waals surface area contributed by atoms with Crippen LogP contribution in [0.2, 0.25) is 5.02 Å². The number of aromatic nitrogens is 1. The van der Waals surface area contributed by atoms with Crippen LogP contribution in [0.25, 0.3) is 11.3 Å². The molecule has 1 aliphatic heterocycles. The molecule has 5 heteroatoms. The lowest BCUT2D eigenvalue weighted by atomic mass is 10.1. The topological polar surface area (TPSA) is 31.4 Å². The molecule has 3 nitrogen and oxygen atoms in total. The van der Waals surface area contributed by atoms with Crippen LogP contribution in [0, 0.1) is 23.6 Å². The van der Waals surface area contributed by atoms with Gasteiger partial charge in [0.1, 0.15) is 5.82 Å². The normalized spacial score (nSPS) is 19.7. The SMILES string of the molecule is CCCC=C[C@H]1CO[C@H](C#Cc2ccc(-c3ccc(Cl)c(F)c3)nc2)OC1. The van der Waals surface area contributed by atoms with Crippen LogP contribution >= 0.6 is 11.6 Å². The van der Waals surface area contributed by atoms with Crippen LogP contribution in [-0.2, 0) is 9.47 Å². The van der Waals surface area contributed by atoms with Gasteiger partial charge in [-0.3, -0.25) is 4.98 Å². The van der Waals surface area contributed by atoms with E-state index in [1.807, 2.05) is 6.07 Å². The Balaban J connectivity index is 1.57. The van der Waals surface area contributed by atoms with Crippen LogP contribution in [0.5, 0.6) is 0 Å². The van der Waals surface area contributed by atoms with E-state index in [-0.39, 0.29) is 10.9 Å². The molecule has 1 aliphatic rings. The molecule has 0 N–H and O–H groups in total. The van der Waals surface area contributed by atoms with Crippen molar-refractivity contribution in [3.05, 3.63) is 65.1 Å². The van der Waals surface area contributed by atoms with Gasteiger partial charge >= 0.3 is 0 Å². The first kappa shape index (κ1) is 19.6. The first-order chi connectivity index (χ1) is 13.2. The van der Waals surface area contributed by atoms with Crippen molar-refractivity contribution in [1.29, 1.82) is 0 Å². The largest absolute Gasteiger partial charge is 0.341 e. The summed E-state index contributed by atoms with van der Waals surface area (Å²) in [5.74, 6) is 5.79. The number of ether oxygens (including phenoxy) is 2. The number of hydrogen-bond acceptors (Lipinski definition) is 3. The number of halogens is 2. The summed E-state index contributed by atoms with van der Waals surface area (Å²) >= 11 is 5.71. The quantitative estimate of drug-likeness (QED) is 0.533. The van der Waals surface area contributed by atoms with Crippen molar-refractivity contribution in [2.75, 3.05) is 13.2 Å². The average molecular weight is 386 g/mol. The van der Waals surface area contributed by atoms with Crippen molar-refractivity contribution < 1.29 is 13.9 Å². The number of allylic oxidation sites excluding steroid dienone is 1. The first-order valence-electron chi connectivity index (χ1n) is 8.98. The molecule has 0 radical (unpaired) electrons.